The van der Waals surface area contributed by atoms with E-state index >= 15 is 0 Å². The largest absolute Gasteiger partial charge is 0.462 e. The number of thiol groups is 1. The Bertz CT molecular complexity index is 713. The van der Waals surface area contributed by atoms with Crippen LogP contribution in [0.1, 0.15) is 6.92 Å². The van der Waals surface area contributed by atoms with Gasteiger partial charge in [-0.05, 0) is 13.0 Å². The van der Waals surface area contributed by atoms with Crippen LogP contribution < -0.4 is 4.90 Å². The molecule has 6 nitrogen and oxygen atoms in total. The van der Waals surface area contributed by atoms with Crippen LogP contribution in [0.4, 0.5) is 5.82 Å². The fourth-order valence-corrected chi connectivity index (χ4v) is 3.24. The van der Waals surface area contributed by atoms with E-state index in [1.165, 1.54) is 18.1 Å². The van der Waals surface area contributed by atoms with E-state index < -0.39 is 0 Å². The maximum Gasteiger partial charge on any atom is 0.346 e. The third kappa shape index (κ3) is 2.73. The lowest BCUT2D eigenvalue weighted by Gasteiger charge is -2.25. The van der Waals surface area contributed by atoms with Gasteiger partial charge >= 0.3 is 5.97 Å². The summed E-state index contributed by atoms with van der Waals surface area (Å²) >= 11 is 5.81. The third-order valence-electron chi connectivity index (χ3n) is 3.05. The summed E-state index contributed by atoms with van der Waals surface area (Å²) in [6, 6.07) is 1.91. The second-order valence-electron chi connectivity index (χ2n) is 4.35. The molecule has 2 aromatic heterocycles. The number of carbonyl (C=O) groups is 1. The molecule has 110 valence electrons. The van der Waals surface area contributed by atoms with Crippen molar-refractivity contribution in [2.24, 2.45) is 0 Å². The summed E-state index contributed by atoms with van der Waals surface area (Å²) in [6.07, 6.45) is 5.12. The SMILES string of the molecule is CCOC(=O)C1=CN(c2ncnc3c2ccn3S)CCS1. The Morgan fingerprint density at radius 1 is 1.52 bits per heavy atom. The monoisotopic (exact) mass is 322 g/mol. The summed E-state index contributed by atoms with van der Waals surface area (Å²) in [5.74, 6) is 1.29. The molecule has 0 saturated heterocycles. The van der Waals surface area contributed by atoms with Crippen LogP contribution in [0.15, 0.2) is 29.7 Å². The molecule has 0 aromatic carbocycles. The number of hydrogen-bond donors (Lipinski definition) is 1. The average Bonchev–Trinajstić information content (AvgIpc) is 2.89. The molecule has 1 aliphatic heterocycles. The summed E-state index contributed by atoms with van der Waals surface area (Å²) < 4.78 is 6.70. The number of fused-ring (bicyclic) bond motifs is 1. The predicted molar refractivity (Wildman–Crippen MR) is 86.4 cm³/mol. The maximum absolute atomic E-state index is 11.9. The fourth-order valence-electron chi connectivity index (χ4n) is 2.13. The summed E-state index contributed by atoms with van der Waals surface area (Å²) in [5.41, 5.74) is 0.743. The first kappa shape index (κ1) is 14.3. The van der Waals surface area contributed by atoms with Gasteiger partial charge in [-0.2, -0.15) is 0 Å². The van der Waals surface area contributed by atoms with Gasteiger partial charge < -0.3 is 9.64 Å². The van der Waals surface area contributed by atoms with Crippen LogP contribution in [0.25, 0.3) is 11.0 Å². The lowest BCUT2D eigenvalue weighted by atomic mass is 10.3. The summed E-state index contributed by atoms with van der Waals surface area (Å²) in [4.78, 5) is 23.0. The number of hydrogen-bond acceptors (Lipinski definition) is 7. The number of ether oxygens (including phenoxy) is 1. The second-order valence-corrected chi connectivity index (χ2v) is 5.92. The van der Waals surface area contributed by atoms with Crippen molar-refractivity contribution in [3.8, 4) is 0 Å². The van der Waals surface area contributed by atoms with E-state index in [0.29, 0.717) is 11.5 Å². The summed E-state index contributed by atoms with van der Waals surface area (Å²) in [6.45, 7) is 2.95. The molecule has 3 heterocycles. The number of rotatable bonds is 3. The second kappa shape index (κ2) is 5.98. The molecular formula is C13H14N4O2S2. The van der Waals surface area contributed by atoms with Gasteiger partial charge in [0, 0.05) is 24.7 Å². The molecule has 3 rings (SSSR count). The standard InChI is InChI=1S/C13H14N4O2S2/c1-2-19-13(18)10-7-16(5-6-21-10)11-9-3-4-17(20)12(9)15-8-14-11/h3-4,7-8,20H,2,5-6H2,1H3. The van der Waals surface area contributed by atoms with Crippen LogP contribution in [-0.2, 0) is 9.53 Å². The zero-order chi connectivity index (χ0) is 14.8. The zero-order valence-corrected chi connectivity index (χ0v) is 13.1. The quantitative estimate of drug-likeness (QED) is 0.690. The third-order valence-corrected chi connectivity index (χ3v) is 4.35. The van der Waals surface area contributed by atoms with Gasteiger partial charge in [0.15, 0.2) is 5.65 Å². The molecular weight excluding hydrogens is 308 g/mol. The normalized spacial score (nSPS) is 15.1. The van der Waals surface area contributed by atoms with Crippen molar-refractivity contribution in [3.05, 3.63) is 29.7 Å². The summed E-state index contributed by atoms with van der Waals surface area (Å²) in [7, 11) is 0. The minimum atomic E-state index is -0.288. The highest BCUT2D eigenvalue weighted by Crippen LogP contribution is 2.30. The van der Waals surface area contributed by atoms with E-state index in [1.54, 1.807) is 17.1 Å². The molecule has 0 atom stereocenters. The van der Waals surface area contributed by atoms with Crippen molar-refractivity contribution in [3.63, 3.8) is 0 Å². The van der Waals surface area contributed by atoms with E-state index in [4.69, 9.17) is 4.74 Å². The van der Waals surface area contributed by atoms with Gasteiger partial charge in [0.2, 0.25) is 0 Å². The maximum atomic E-state index is 11.9. The minimum absolute atomic E-state index is 0.288. The first-order valence-corrected chi connectivity index (χ1v) is 7.89. The molecule has 0 bridgehead atoms. The fraction of sp³-hybridized carbons (Fsp3) is 0.308. The Labute approximate surface area is 131 Å². The van der Waals surface area contributed by atoms with Gasteiger partial charge in [0.05, 0.1) is 12.0 Å². The molecule has 0 amide bonds. The van der Waals surface area contributed by atoms with Crippen molar-refractivity contribution < 1.29 is 9.53 Å². The molecule has 8 heteroatoms. The number of thioether (sulfide) groups is 1. The molecule has 0 fully saturated rings. The van der Waals surface area contributed by atoms with E-state index in [2.05, 4.69) is 22.8 Å². The van der Waals surface area contributed by atoms with Gasteiger partial charge in [-0.3, -0.25) is 3.97 Å². The Morgan fingerprint density at radius 2 is 2.38 bits per heavy atom. The van der Waals surface area contributed by atoms with E-state index in [9.17, 15) is 4.79 Å². The highest BCUT2D eigenvalue weighted by molar-refractivity contribution is 8.04. The van der Waals surface area contributed by atoms with Gasteiger partial charge in [-0.1, -0.05) is 12.8 Å². The zero-order valence-electron chi connectivity index (χ0n) is 11.4. The van der Waals surface area contributed by atoms with E-state index in [1.807, 2.05) is 17.2 Å². The van der Waals surface area contributed by atoms with Crippen molar-refractivity contribution in [2.75, 3.05) is 23.8 Å². The van der Waals surface area contributed by atoms with Crippen molar-refractivity contribution in [2.45, 2.75) is 6.92 Å². The lowest BCUT2D eigenvalue weighted by Crippen LogP contribution is -2.26. The number of nitrogens with zero attached hydrogens (tertiary/aromatic N) is 4. The lowest BCUT2D eigenvalue weighted by molar-refractivity contribution is -0.137. The topological polar surface area (TPSA) is 60.2 Å². The van der Waals surface area contributed by atoms with Crippen molar-refractivity contribution >= 4 is 47.4 Å². The Kier molecular flexibility index (Phi) is 4.07. The molecule has 0 N–H and O–H groups in total. The smallest absolute Gasteiger partial charge is 0.346 e. The molecule has 0 aliphatic carbocycles. The highest BCUT2D eigenvalue weighted by atomic mass is 32.2. The van der Waals surface area contributed by atoms with Crippen LogP contribution in [-0.4, -0.2) is 38.8 Å². The number of carbonyl (C=O) groups excluding carboxylic acids is 1. The van der Waals surface area contributed by atoms with Crippen molar-refractivity contribution in [1.29, 1.82) is 0 Å². The average molecular weight is 322 g/mol. The van der Waals surface area contributed by atoms with Crippen molar-refractivity contribution in [1.82, 2.24) is 13.9 Å². The van der Waals surface area contributed by atoms with Crippen LogP contribution in [0, 0.1) is 0 Å². The molecule has 21 heavy (non-hydrogen) atoms. The highest BCUT2D eigenvalue weighted by Gasteiger charge is 2.21. The molecule has 1 aliphatic rings. The Balaban J connectivity index is 1.98. The summed E-state index contributed by atoms with van der Waals surface area (Å²) in [5, 5.41) is 0.902. The van der Waals surface area contributed by atoms with Crippen LogP contribution >= 0.6 is 24.6 Å². The molecule has 0 unspecified atom stereocenters. The van der Waals surface area contributed by atoms with Gasteiger partial charge in [0.1, 0.15) is 17.1 Å². The number of anilines is 1. The molecule has 0 radical (unpaired) electrons. The molecule has 0 spiro atoms. The molecule has 0 saturated carbocycles. The van der Waals surface area contributed by atoms with Crippen LogP contribution in [0.2, 0.25) is 0 Å². The Hall–Kier alpha value is -1.67. The van der Waals surface area contributed by atoms with E-state index in [0.717, 1.165) is 29.1 Å². The number of aromatic nitrogens is 3. The molecule has 2 aromatic rings. The predicted octanol–water partition coefficient (Wildman–Crippen LogP) is 2.08. The van der Waals surface area contributed by atoms with Crippen LogP contribution in [0.5, 0.6) is 0 Å². The Morgan fingerprint density at radius 3 is 3.19 bits per heavy atom. The van der Waals surface area contributed by atoms with Gasteiger partial charge in [-0.15, -0.1) is 11.8 Å². The van der Waals surface area contributed by atoms with Crippen LogP contribution in [0.3, 0.4) is 0 Å². The van der Waals surface area contributed by atoms with E-state index in [-0.39, 0.29) is 5.97 Å². The number of esters is 1. The van der Waals surface area contributed by atoms with Gasteiger partial charge in [-0.25, -0.2) is 14.8 Å². The van der Waals surface area contributed by atoms with Gasteiger partial charge in [0.25, 0.3) is 0 Å². The minimum Gasteiger partial charge on any atom is -0.462 e. The first-order chi connectivity index (χ1) is 10.2. The first-order valence-electron chi connectivity index (χ1n) is 6.50.